The molecule has 0 aromatic heterocycles. The van der Waals surface area contributed by atoms with E-state index in [9.17, 15) is 9.59 Å². The van der Waals surface area contributed by atoms with Crippen molar-refractivity contribution >= 4 is 23.8 Å². The molecule has 0 aliphatic heterocycles. The van der Waals surface area contributed by atoms with Gasteiger partial charge in [-0.1, -0.05) is 18.2 Å². The van der Waals surface area contributed by atoms with E-state index in [0.717, 1.165) is 22.7 Å². The summed E-state index contributed by atoms with van der Waals surface area (Å²) in [5, 5.41) is 5.32. The lowest BCUT2D eigenvalue weighted by Gasteiger charge is -2.08. The predicted octanol–water partition coefficient (Wildman–Crippen LogP) is 2.69. The average Bonchev–Trinajstić information content (AvgIpc) is 3.49. The van der Waals surface area contributed by atoms with E-state index >= 15 is 0 Å². The molecule has 2 fully saturated rings. The molecule has 2 saturated carbocycles. The van der Waals surface area contributed by atoms with Gasteiger partial charge in [-0.3, -0.25) is 5.32 Å². The van der Waals surface area contributed by atoms with Gasteiger partial charge in [0.05, 0.1) is 12.2 Å². The van der Waals surface area contributed by atoms with Crippen LogP contribution in [0.2, 0.25) is 0 Å². The quantitative estimate of drug-likeness (QED) is 0.428. The number of urea groups is 1. The summed E-state index contributed by atoms with van der Waals surface area (Å²) in [6.07, 6.45) is 6.43. The number of para-hydroxylation sites is 1. The lowest BCUT2D eigenvalue weighted by Crippen LogP contribution is -2.43. The number of amides is 2. The van der Waals surface area contributed by atoms with Crippen LogP contribution in [0.1, 0.15) is 36.8 Å². The number of guanidine groups is 1. The topological polar surface area (TPSA) is 109 Å². The highest BCUT2D eigenvalue weighted by atomic mass is 16.2. The van der Waals surface area contributed by atoms with Crippen molar-refractivity contribution in [3.05, 3.63) is 29.3 Å². The van der Waals surface area contributed by atoms with Crippen LogP contribution in [0.5, 0.6) is 0 Å². The van der Waals surface area contributed by atoms with Crippen molar-refractivity contribution in [1.82, 2.24) is 10.6 Å². The van der Waals surface area contributed by atoms with Crippen molar-refractivity contribution in [2.75, 3.05) is 13.1 Å². The number of aryl methyl sites for hydroxylation is 2. The molecule has 0 spiro atoms. The second-order valence-corrected chi connectivity index (χ2v) is 6.89. The third kappa shape index (κ3) is 7.49. The third-order valence-corrected chi connectivity index (χ3v) is 4.27. The van der Waals surface area contributed by atoms with Crippen molar-refractivity contribution in [3.63, 3.8) is 0 Å². The lowest BCUT2D eigenvalue weighted by atomic mass is 10.1. The Kier molecular flexibility index (Phi) is 7.36. The molecule has 0 unspecified atom stereocenters. The van der Waals surface area contributed by atoms with Crippen LogP contribution in [0, 0.1) is 25.7 Å². The Labute approximate surface area is 154 Å². The van der Waals surface area contributed by atoms with Crippen molar-refractivity contribution in [2.45, 2.75) is 39.5 Å². The molecule has 2 aliphatic rings. The lowest BCUT2D eigenvalue weighted by molar-refractivity contribution is 0.245. The van der Waals surface area contributed by atoms with Crippen molar-refractivity contribution in [1.29, 1.82) is 0 Å². The Balaban J connectivity index is 0.000000290. The summed E-state index contributed by atoms with van der Waals surface area (Å²) in [6.45, 7) is 5.35. The number of isocyanates is 1. The number of aliphatic imine (C=N–C) groups is 2. The molecule has 2 aliphatic carbocycles. The average molecular weight is 357 g/mol. The summed E-state index contributed by atoms with van der Waals surface area (Å²) >= 11 is 0. The molecule has 3 rings (SSSR count). The maximum absolute atomic E-state index is 11.6. The number of hydrogen-bond donors (Lipinski definition) is 3. The second kappa shape index (κ2) is 9.73. The van der Waals surface area contributed by atoms with Gasteiger partial charge in [0.25, 0.3) is 0 Å². The van der Waals surface area contributed by atoms with E-state index in [0.29, 0.717) is 19.0 Å². The summed E-state index contributed by atoms with van der Waals surface area (Å²) in [4.78, 5) is 28.7. The molecule has 0 saturated heterocycles. The van der Waals surface area contributed by atoms with Crippen LogP contribution < -0.4 is 16.4 Å². The number of nitrogens with zero attached hydrogens (tertiary/aromatic N) is 2. The molecule has 0 bridgehead atoms. The molecule has 0 atom stereocenters. The monoisotopic (exact) mass is 357 g/mol. The zero-order valence-electron chi connectivity index (χ0n) is 15.4. The van der Waals surface area contributed by atoms with Crippen LogP contribution in [0.4, 0.5) is 10.5 Å². The van der Waals surface area contributed by atoms with Gasteiger partial charge in [0, 0.05) is 6.54 Å². The zero-order chi connectivity index (χ0) is 18.9. The van der Waals surface area contributed by atoms with Gasteiger partial charge in [-0.2, -0.15) is 0 Å². The van der Waals surface area contributed by atoms with Crippen LogP contribution in [-0.2, 0) is 4.79 Å². The molecule has 1 aromatic carbocycles. The first-order valence-electron chi connectivity index (χ1n) is 8.98. The van der Waals surface area contributed by atoms with Crippen molar-refractivity contribution in [3.8, 4) is 0 Å². The van der Waals surface area contributed by atoms with Crippen molar-refractivity contribution in [2.24, 2.45) is 27.6 Å². The van der Waals surface area contributed by atoms with E-state index in [1.807, 2.05) is 32.0 Å². The predicted molar refractivity (Wildman–Crippen MR) is 102 cm³/mol. The minimum absolute atomic E-state index is 0.116. The van der Waals surface area contributed by atoms with Gasteiger partial charge in [0.2, 0.25) is 12.0 Å². The van der Waals surface area contributed by atoms with E-state index < -0.39 is 0 Å². The summed E-state index contributed by atoms with van der Waals surface area (Å²) < 4.78 is 0. The number of carbonyl (C=O) groups excluding carboxylic acids is 2. The molecule has 0 radical (unpaired) electrons. The standard InChI is InChI=1S/C14H20N4O.C5H7NO/c1-9-4-3-5-10(2)12(9)17-13(15)18-14(19)16-8-11-6-7-11;7-4-6-3-5-1-2-5/h3-5,11H,6-8H2,1-2H3,(H4,15,16,17,18,19);5H,1-3H2. The number of benzene rings is 1. The van der Waals surface area contributed by atoms with Crippen LogP contribution in [0.15, 0.2) is 28.2 Å². The van der Waals surface area contributed by atoms with Gasteiger partial charge >= 0.3 is 6.03 Å². The Morgan fingerprint density at radius 3 is 2.35 bits per heavy atom. The van der Waals surface area contributed by atoms with Crippen molar-refractivity contribution < 1.29 is 9.59 Å². The Morgan fingerprint density at radius 1 is 1.19 bits per heavy atom. The molecule has 26 heavy (non-hydrogen) atoms. The SMILES string of the molecule is Cc1cccc(C)c1N=C(N)NC(=O)NCC1CC1.O=C=NCC1CC1. The smallest absolute Gasteiger partial charge is 0.321 e. The van der Waals surface area contributed by atoms with Gasteiger partial charge in [-0.25, -0.2) is 19.6 Å². The highest BCUT2D eigenvalue weighted by molar-refractivity contribution is 5.96. The normalized spacial score (nSPS) is 16.0. The fourth-order valence-corrected chi connectivity index (χ4v) is 2.32. The number of nitrogens with two attached hydrogens (primary N) is 1. The van der Waals surface area contributed by atoms with Crippen LogP contribution in [-0.4, -0.2) is 31.2 Å². The first kappa shape index (κ1) is 19.7. The third-order valence-electron chi connectivity index (χ3n) is 4.27. The number of nitrogens with one attached hydrogen (secondary N) is 2. The summed E-state index contributed by atoms with van der Waals surface area (Å²) in [5.41, 5.74) is 8.61. The van der Waals surface area contributed by atoms with Crippen LogP contribution >= 0.6 is 0 Å². The van der Waals surface area contributed by atoms with E-state index in [1.54, 1.807) is 0 Å². The van der Waals surface area contributed by atoms with E-state index in [-0.39, 0.29) is 12.0 Å². The molecule has 1 aromatic rings. The molecule has 140 valence electrons. The largest absolute Gasteiger partial charge is 0.369 e. The van der Waals surface area contributed by atoms with Gasteiger partial charge in [-0.05, 0) is 62.5 Å². The Bertz CT molecular complexity index is 682. The van der Waals surface area contributed by atoms with E-state index in [4.69, 9.17) is 5.73 Å². The van der Waals surface area contributed by atoms with Gasteiger partial charge in [0.15, 0.2) is 0 Å². The fourth-order valence-electron chi connectivity index (χ4n) is 2.32. The van der Waals surface area contributed by atoms with Gasteiger partial charge < -0.3 is 11.1 Å². The molecular formula is C19H27N5O2. The second-order valence-electron chi connectivity index (χ2n) is 6.89. The number of hydrogen-bond acceptors (Lipinski definition) is 4. The summed E-state index contributed by atoms with van der Waals surface area (Å²) in [6, 6.07) is 5.60. The summed E-state index contributed by atoms with van der Waals surface area (Å²) in [7, 11) is 0. The minimum Gasteiger partial charge on any atom is -0.369 e. The highest BCUT2D eigenvalue weighted by Crippen LogP contribution is 2.28. The number of carbonyl (C=O) groups is 1. The molecule has 7 heteroatoms. The molecule has 7 nitrogen and oxygen atoms in total. The molecular weight excluding hydrogens is 330 g/mol. The maximum atomic E-state index is 11.6. The first-order valence-corrected chi connectivity index (χ1v) is 8.98. The zero-order valence-corrected chi connectivity index (χ0v) is 15.4. The van der Waals surface area contributed by atoms with Gasteiger partial charge in [-0.15, -0.1) is 0 Å². The van der Waals surface area contributed by atoms with E-state index in [1.165, 1.54) is 31.8 Å². The van der Waals surface area contributed by atoms with Crippen LogP contribution in [0.3, 0.4) is 0 Å². The first-order chi connectivity index (χ1) is 12.5. The Morgan fingerprint density at radius 2 is 1.81 bits per heavy atom. The maximum Gasteiger partial charge on any atom is 0.321 e. The summed E-state index contributed by atoms with van der Waals surface area (Å²) in [5.74, 6) is 1.48. The van der Waals surface area contributed by atoms with Crippen LogP contribution in [0.25, 0.3) is 0 Å². The highest BCUT2D eigenvalue weighted by Gasteiger charge is 2.21. The fraction of sp³-hybridized carbons (Fsp3) is 0.526. The molecule has 0 heterocycles. The number of rotatable bonds is 5. The Hall–Kier alpha value is -2.66. The molecule has 4 N–H and O–H groups in total. The van der Waals surface area contributed by atoms with Gasteiger partial charge in [0.1, 0.15) is 0 Å². The van der Waals surface area contributed by atoms with E-state index in [2.05, 4.69) is 20.6 Å². The molecule has 2 amide bonds. The minimum atomic E-state index is -0.292.